The Hall–Kier alpha value is -0.960. The fourth-order valence-corrected chi connectivity index (χ4v) is 3.42. The lowest BCUT2D eigenvalue weighted by Gasteiger charge is -2.24. The number of rotatable bonds is 6. The summed E-state index contributed by atoms with van der Waals surface area (Å²) < 4.78 is 13.4. The van der Waals surface area contributed by atoms with Crippen LogP contribution in [-0.2, 0) is 4.79 Å². The lowest BCUT2D eigenvalue weighted by molar-refractivity contribution is -0.104. The fraction of sp³-hybridized carbons (Fsp3) is 0.706. The fourth-order valence-electron chi connectivity index (χ4n) is 3.42. The second-order valence-corrected chi connectivity index (χ2v) is 6.05. The maximum absolute atomic E-state index is 13.4. The van der Waals surface area contributed by atoms with Crippen molar-refractivity contribution < 1.29 is 9.18 Å². The van der Waals surface area contributed by atoms with Crippen LogP contribution in [0.2, 0.25) is 0 Å². The van der Waals surface area contributed by atoms with Gasteiger partial charge in [0.1, 0.15) is 12.5 Å². The Labute approximate surface area is 122 Å². The number of hydrogen-bond acceptors (Lipinski definition) is 2. The normalized spacial score (nSPS) is 30.1. The highest BCUT2D eigenvalue weighted by Crippen LogP contribution is 2.41. The van der Waals surface area contributed by atoms with Gasteiger partial charge < -0.3 is 5.32 Å². The predicted molar refractivity (Wildman–Crippen MR) is 82.4 cm³/mol. The number of carbonyl (C=O) groups is 1. The van der Waals surface area contributed by atoms with Crippen LogP contribution in [0.1, 0.15) is 47.0 Å². The van der Waals surface area contributed by atoms with Crippen LogP contribution in [0, 0.1) is 11.8 Å². The van der Waals surface area contributed by atoms with Gasteiger partial charge in [-0.25, -0.2) is 4.39 Å². The highest BCUT2D eigenvalue weighted by Gasteiger charge is 2.34. The number of allylic oxidation sites excluding steroid dienone is 4. The molecule has 1 saturated carbocycles. The molecule has 0 aromatic rings. The number of alkyl halides is 1. The molecule has 0 saturated heterocycles. The summed E-state index contributed by atoms with van der Waals surface area (Å²) >= 11 is 0. The van der Waals surface area contributed by atoms with Gasteiger partial charge in [0.15, 0.2) is 0 Å². The molecule has 0 bridgehead atoms. The third-order valence-electron chi connectivity index (χ3n) is 4.46. The van der Waals surface area contributed by atoms with Crippen molar-refractivity contribution in [3.63, 3.8) is 0 Å². The molecule has 1 aliphatic carbocycles. The molecular formula is C17H28FNO. The zero-order valence-corrected chi connectivity index (χ0v) is 13.4. The predicted octanol–water partition coefficient (Wildman–Crippen LogP) is 3.83. The van der Waals surface area contributed by atoms with Crippen molar-refractivity contribution in [2.45, 2.75) is 59.2 Å². The molecular weight excluding hydrogens is 253 g/mol. The lowest BCUT2D eigenvalue weighted by Crippen LogP contribution is -2.22. The zero-order chi connectivity index (χ0) is 15.3. The molecule has 0 aliphatic heterocycles. The minimum absolute atomic E-state index is 0.350. The lowest BCUT2D eigenvalue weighted by atomic mass is 9.81. The van der Waals surface area contributed by atoms with Crippen LogP contribution >= 0.6 is 0 Å². The number of nitrogens with one attached hydrogen (secondary N) is 1. The quantitative estimate of drug-likeness (QED) is 0.455. The Morgan fingerprint density at radius 1 is 1.45 bits per heavy atom. The topological polar surface area (TPSA) is 29.1 Å². The molecule has 3 heteroatoms. The van der Waals surface area contributed by atoms with Gasteiger partial charge in [0, 0.05) is 12.5 Å². The van der Waals surface area contributed by atoms with Crippen LogP contribution in [-0.4, -0.2) is 25.5 Å². The first-order valence-corrected chi connectivity index (χ1v) is 7.57. The first-order valence-electron chi connectivity index (χ1n) is 7.57. The maximum atomic E-state index is 13.4. The molecule has 0 amide bonds. The van der Waals surface area contributed by atoms with E-state index < -0.39 is 6.17 Å². The van der Waals surface area contributed by atoms with Gasteiger partial charge >= 0.3 is 0 Å². The Morgan fingerprint density at radius 3 is 2.50 bits per heavy atom. The van der Waals surface area contributed by atoms with E-state index in [0.29, 0.717) is 24.3 Å². The molecule has 0 spiro atoms. The minimum atomic E-state index is -0.882. The summed E-state index contributed by atoms with van der Waals surface area (Å²) in [6.07, 6.45) is 4.53. The summed E-state index contributed by atoms with van der Waals surface area (Å²) in [6, 6.07) is 0.491. The van der Waals surface area contributed by atoms with Gasteiger partial charge in [-0.3, -0.25) is 4.79 Å². The van der Waals surface area contributed by atoms with Gasteiger partial charge in [-0.15, -0.1) is 0 Å². The third kappa shape index (κ3) is 4.02. The van der Waals surface area contributed by atoms with Gasteiger partial charge in [0.2, 0.25) is 0 Å². The van der Waals surface area contributed by atoms with Crippen molar-refractivity contribution in [1.29, 1.82) is 0 Å². The largest absolute Gasteiger partial charge is 0.317 e. The molecule has 0 heterocycles. The molecule has 0 radical (unpaired) electrons. The van der Waals surface area contributed by atoms with Crippen LogP contribution in [0.25, 0.3) is 0 Å². The summed E-state index contributed by atoms with van der Waals surface area (Å²) in [5.74, 6) is 0.866. The van der Waals surface area contributed by atoms with E-state index in [4.69, 9.17) is 0 Å². The third-order valence-corrected chi connectivity index (χ3v) is 4.46. The number of carbonyl (C=O) groups excluding carboxylic acids is 1. The van der Waals surface area contributed by atoms with Gasteiger partial charge in [-0.05, 0) is 69.2 Å². The summed E-state index contributed by atoms with van der Waals surface area (Å²) in [4.78, 5) is 11.3. The van der Waals surface area contributed by atoms with Gasteiger partial charge in [-0.2, -0.15) is 0 Å². The summed E-state index contributed by atoms with van der Waals surface area (Å²) in [7, 11) is 1.98. The standard InChI is InChI=1S/C17H28FNO/c1-6-14(8-13(4)18)17(12(3)10-20)16-9-15(19-5)7-11(16)2/h6,10-11,13,15-16,19H,7-9H2,1-5H3/b14-6-,17-12-. The van der Waals surface area contributed by atoms with Crippen LogP contribution in [0.5, 0.6) is 0 Å². The van der Waals surface area contributed by atoms with Crippen LogP contribution < -0.4 is 5.32 Å². The van der Waals surface area contributed by atoms with Crippen molar-refractivity contribution in [3.8, 4) is 0 Å². The second-order valence-electron chi connectivity index (χ2n) is 6.05. The van der Waals surface area contributed by atoms with E-state index in [0.717, 1.165) is 35.8 Å². The number of hydrogen-bond donors (Lipinski definition) is 1. The monoisotopic (exact) mass is 281 g/mol. The average molecular weight is 281 g/mol. The Balaban J connectivity index is 3.12. The molecule has 1 N–H and O–H groups in total. The van der Waals surface area contributed by atoms with Gasteiger partial charge in [0.05, 0.1) is 0 Å². The van der Waals surface area contributed by atoms with Gasteiger partial charge in [0.25, 0.3) is 0 Å². The minimum Gasteiger partial charge on any atom is -0.317 e. The van der Waals surface area contributed by atoms with Crippen LogP contribution in [0.3, 0.4) is 0 Å². The number of aldehydes is 1. The summed E-state index contributed by atoms with van der Waals surface area (Å²) in [6.45, 7) is 7.59. The van der Waals surface area contributed by atoms with E-state index in [1.165, 1.54) is 0 Å². The Kier molecular flexibility index (Phi) is 6.60. The van der Waals surface area contributed by atoms with E-state index in [9.17, 15) is 9.18 Å². The van der Waals surface area contributed by atoms with Crippen molar-refractivity contribution in [2.24, 2.45) is 11.8 Å². The smallest absolute Gasteiger partial charge is 0.146 e. The summed E-state index contributed by atoms with van der Waals surface area (Å²) in [5.41, 5.74) is 2.84. The molecule has 0 aromatic carbocycles. The average Bonchev–Trinajstić information content (AvgIpc) is 2.78. The Bertz CT molecular complexity index is 398. The van der Waals surface area contributed by atoms with E-state index in [1.54, 1.807) is 6.92 Å². The van der Waals surface area contributed by atoms with Crippen molar-refractivity contribution >= 4 is 6.29 Å². The molecule has 4 unspecified atom stereocenters. The molecule has 0 aromatic heterocycles. The van der Waals surface area contributed by atoms with E-state index in [2.05, 4.69) is 12.2 Å². The SMILES string of the molecule is C/C=C(CC(C)F)\C(=C(/C)C=O)C1CC(NC)CC1C. The number of halogens is 1. The van der Waals surface area contributed by atoms with E-state index in [-0.39, 0.29) is 0 Å². The zero-order valence-electron chi connectivity index (χ0n) is 13.4. The molecule has 20 heavy (non-hydrogen) atoms. The maximum Gasteiger partial charge on any atom is 0.146 e. The molecule has 1 rings (SSSR count). The van der Waals surface area contributed by atoms with Crippen molar-refractivity contribution in [2.75, 3.05) is 7.05 Å². The van der Waals surface area contributed by atoms with E-state index in [1.807, 2.05) is 27.0 Å². The summed E-state index contributed by atoms with van der Waals surface area (Å²) in [5, 5.41) is 3.33. The van der Waals surface area contributed by atoms with Crippen molar-refractivity contribution in [3.05, 3.63) is 22.8 Å². The van der Waals surface area contributed by atoms with Crippen molar-refractivity contribution in [1.82, 2.24) is 5.32 Å². The van der Waals surface area contributed by atoms with Gasteiger partial charge in [-0.1, -0.05) is 13.0 Å². The highest BCUT2D eigenvalue weighted by molar-refractivity contribution is 5.75. The molecule has 1 fully saturated rings. The second kappa shape index (κ2) is 7.72. The molecule has 2 nitrogen and oxygen atoms in total. The first-order chi connectivity index (χ1) is 9.44. The molecule has 1 aliphatic rings. The van der Waals surface area contributed by atoms with Crippen LogP contribution in [0.4, 0.5) is 4.39 Å². The van der Waals surface area contributed by atoms with Crippen LogP contribution in [0.15, 0.2) is 22.8 Å². The Morgan fingerprint density at radius 2 is 2.10 bits per heavy atom. The first kappa shape index (κ1) is 17.1. The molecule has 114 valence electrons. The highest BCUT2D eigenvalue weighted by atomic mass is 19.1. The van der Waals surface area contributed by atoms with E-state index >= 15 is 0 Å². The molecule has 4 atom stereocenters.